The predicted molar refractivity (Wildman–Crippen MR) is 105 cm³/mol. The quantitative estimate of drug-likeness (QED) is 0.284. The van der Waals surface area contributed by atoms with E-state index in [-0.39, 0.29) is 0 Å². The van der Waals surface area contributed by atoms with Gasteiger partial charge in [0.15, 0.2) is 0 Å². The van der Waals surface area contributed by atoms with Crippen LogP contribution in [0.15, 0.2) is 0 Å². The maximum Gasteiger partial charge on any atom is -0.00187 e. The Morgan fingerprint density at radius 2 is 0.727 bits per heavy atom. The lowest BCUT2D eigenvalue weighted by Gasteiger charge is -2.20. The van der Waals surface area contributed by atoms with Crippen LogP contribution in [-0.2, 0) is 0 Å². The Kier molecular flexibility index (Phi) is 25.6. The number of nitrogens with zero attached hydrogens (tertiary/aromatic N) is 1. The first-order chi connectivity index (χ1) is 10.8. The molecule has 0 aliphatic heterocycles. The highest BCUT2D eigenvalue weighted by atomic mass is 15.1. The third-order valence-electron chi connectivity index (χ3n) is 4.11. The molecule has 0 heterocycles. The topological polar surface area (TPSA) is 3.24 Å². The molecule has 0 N–H and O–H groups in total. The zero-order valence-corrected chi connectivity index (χ0v) is 16.8. The van der Waals surface area contributed by atoms with E-state index in [9.17, 15) is 0 Å². The third kappa shape index (κ3) is 22.2. The van der Waals surface area contributed by atoms with E-state index in [1.54, 1.807) is 0 Å². The van der Waals surface area contributed by atoms with Gasteiger partial charge in [-0.25, -0.2) is 0 Å². The fraction of sp³-hybridized carbons (Fsp3) is 1.00. The first-order valence-electron chi connectivity index (χ1n) is 10.5. The Morgan fingerprint density at radius 1 is 0.364 bits per heavy atom. The summed E-state index contributed by atoms with van der Waals surface area (Å²) in [5.41, 5.74) is 0. The minimum Gasteiger partial charge on any atom is -0.303 e. The van der Waals surface area contributed by atoms with Crippen LogP contribution in [0, 0.1) is 0 Å². The molecule has 0 amide bonds. The Hall–Kier alpha value is -0.0400. The molecule has 0 radical (unpaired) electrons. The smallest absolute Gasteiger partial charge is 0.00187 e. The van der Waals surface area contributed by atoms with Gasteiger partial charge in [-0.1, -0.05) is 98.8 Å². The highest BCUT2D eigenvalue weighted by Gasteiger charge is 2.01. The van der Waals surface area contributed by atoms with Gasteiger partial charge < -0.3 is 4.90 Å². The zero-order valence-electron chi connectivity index (χ0n) is 16.8. The monoisotopic (exact) mass is 313 g/mol. The lowest BCUT2D eigenvalue weighted by Crippen LogP contribution is -2.26. The van der Waals surface area contributed by atoms with E-state index in [0.717, 1.165) is 0 Å². The minimum atomic E-state index is 1.29. The van der Waals surface area contributed by atoms with E-state index < -0.39 is 0 Å². The van der Waals surface area contributed by atoms with Crippen LogP contribution in [0.5, 0.6) is 0 Å². The molecule has 1 nitrogen and oxygen atoms in total. The van der Waals surface area contributed by atoms with Crippen LogP contribution < -0.4 is 0 Å². The fourth-order valence-electron chi connectivity index (χ4n) is 2.76. The molecule has 0 saturated heterocycles. The van der Waals surface area contributed by atoms with Gasteiger partial charge >= 0.3 is 0 Å². The van der Waals surface area contributed by atoms with Crippen LogP contribution >= 0.6 is 0 Å². The first kappa shape index (κ1) is 24.2. The van der Waals surface area contributed by atoms with E-state index in [2.05, 4.69) is 39.5 Å². The van der Waals surface area contributed by atoms with Crippen LogP contribution in [-0.4, -0.2) is 24.5 Å². The van der Waals surface area contributed by atoms with Gasteiger partial charge in [0.05, 0.1) is 0 Å². The van der Waals surface area contributed by atoms with Crippen LogP contribution in [0.25, 0.3) is 0 Å². The van der Waals surface area contributed by atoms with Gasteiger partial charge in [0.25, 0.3) is 0 Å². The molecular formula is C21H47N. The molecule has 22 heavy (non-hydrogen) atoms. The fourth-order valence-corrected chi connectivity index (χ4v) is 2.76. The summed E-state index contributed by atoms with van der Waals surface area (Å²) in [4.78, 5) is 2.62. The van der Waals surface area contributed by atoms with Gasteiger partial charge in [0.2, 0.25) is 0 Å². The van der Waals surface area contributed by atoms with Crippen molar-refractivity contribution in [1.82, 2.24) is 4.90 Å². The van der Waals surface area contributed by atoms with Crippen LogP contribution in [0.4, 0.5) is 0 Å². The molecule has 0 saturated carbocycles. The van der Waals surface area contributed by atoms with E-state index in [0.29, 0.717) is 0 Å². The second-order valence-electron chi connectivity index (χ2n) is 6.67. The van der Waals surface area contributed by atoms with Crippen molar-refractivity contribution < 1.29 is 0 Å². The molecule has 0 aromatic rings. The van der Waals surface area contributed by atoms with Crippen LogP contribution in [0.2, 0.25) is 0 Å². The highest BCUT2D eigenvalue weighted by Crippen LogP contribution is 2.05. The molecule has 0 bridgehead atoms. The summed E-state index contributed by atoms with van der Waals surface area (Å²) in [5, 5.41) is 0. The summed E-state index contributed by atoms with van der Waals surface area (Å²) in [6.07, 6.45) is 18.1. The maximum absolute atomic E-state index is 2.62. The van der Waals surface area contributed by atoms with Gasteiger partial charge in [-0.15, -0.1) is 0 Å². The molecule has 0 unspecified atom stereocenters. The normalized spacial score (nSPS) is 10.6. The second kappa shape index (κ2) is 23.2. The van der Waals surface area contributed by atoms with Gasteiger partial charge in [0.1, 0.15) is 0 Å². The molecule has 0 aromatic carbocycles. The Balaban J connectivity index is 0. The van der Waals surface area contributed by atoms with E-state index in [1.165, 1.54) is 103 Å². The molecule has 0 spiro atoms. The number of hydrogen-bond acceptors (Lipinski definition) is 1. The molecule has 0 aromatic heterocycles. The number of rotatable bonds is 15. The van der Waals surface area contributed by atoms with Crippen molar-refractivity contribution in [2.45, 2.75) is 118 Å². The lowest BCUT2D eigenvalue weighted by atomic mass is 10.1. The summed E-state index contributed by atoms with van der Waals surface area (Å²) in [6.45, 7) is 15.3. The summed E-state index contributed by atoms with van der Waals surface area (Å²) >= 11 is 0. The molecular weight excluding hydrogens is 266 g/mol. The van der Waals surface area contributed by atoms with Crippen molar-refractivity contribution >= 4 is 0 Å². The average Bonchev–Trinajstić information content (AvgIpc) is 2.52. The highest BCUT2D eigenvalue weighted by molar-refractivity contribution is 4.56. The SMILES string of the molecule is CCCCCCCC.CCCCCCCN(CCC)CCC. The summed E-state index contributed by atoms with van der Waals surface area (Å²) in [6, 6.07) is 0. The number of hydrogen-bond donors (Lipinski definition) is 0. The van der Waals surface area contributed by atoms with Crippen LogP contribution in [0.1, 0.15) is 118 Å². The molecule has 0 fully saturated rings. The zero-order chi connectivity index (χ0) is 16.9. The van der Waals surface area contributed by atoms with Crippen molar-refractivity contribution in [3.05, 3.63) is 0 Å². The molecule has 0 aliphatic carbocycles. The summed E-state index contributed by atoms with van der Waals surface area (Å²) in [7, 11) is 0. The Labute approximate surface area is 143 Å². The van der Waals surface area contributed by atoms with Gasteiger partial charge in [-0.2, -0.15) is 0 Å². The van der Waals surface area contributed by atoms with Crippen molar-refractivity contribution in [2.75, 3.05) is 19.6 Å². The van der Waals surface area contributed by atoms with Crippen LogP contribution in [0.3, 0.4) is 0 Å². The molecule has 0 aliphatic rings. The molecule has 0 atom stereocenters. The standard InChI is InChI=1S/C13H29N.C8H18/c1-4-7-8-9-10-13-14(11-5-2)12-6-3;1-3-5-7-8-6-4-2/h4-13H2,1-3H3;3-8H2,1-2H3. The molecule has 1 heteroatoms. The summed E-state index contributed by atoms with van der Waals surface area (Å²) < 4.78 is 0. The average molecular weight is 314 g/mol. The van der Waals surface area contributed by atoms with E-state index in [4.69, 9.17) is 0 Å². The first-order valence-corrected chi connectivity index (χ1v) is 10.5. The predicted octanol–water partition coefficient (Wildman–Crippen LogP) is 7.45. The Bertz CT molecular complexity index is 155. The minimum absolute atomic E-state index is 1.29. The third-order valence-corrected chi connectivity index (χ3v) is 4.11. The maximum atomic E-state index is 2.62. The largest absolute Gasteiger partial charge is 0.303 e. The second-order valence-corrected chi connectivity index (χ2v) is 6.67. The number of unbranched alkanes of at least 4 members (excludes halogenated alkanes) is 9. The molecule has 0 rings (SSSR count). The van der Waals surface area contributed by atoms with E-state index >= 15 is 0 Å². The van der Waals surface area contributed by atoms with Crippen molar-refractivity contribution in [3.63, 3.8) is 0 Å². The van der Waals surface area contributed by atoms with E-state index in [1.807, 2.05) is 0 Å². The van der Waals surface area contributed by atoms with Gasteiger partial charge in [-0.05, 0) is 38.9 Å². The van der Waals surface area contributed by atoms with Gasteiger partial charge in [-0.3, -0.25) is 0 Å². The van der Waals surface area contributed by atoms with Gasteiger partial charge in [0, 0.05) is 0 Å². The lowest BCUT2D eigenvalue weighted by molar-refractivity contribution is 0.268. The summed E-state index contributed by atoms with van der Waals surface area (Å²) in [5.74, 6) is 0. The van der Waals surface area contributed by atoms with Crippen molar-refractivity contribution in [1.29, 1.82) is 0 Å². The Morgan fingerprint density at radius 3 is 1.05 bits per heavy atom. The van der Waals surface area contributed by atoms with Crippen molar-refractivity contribution in [2.24, 2.45) is 0 Å². The molecule has 136 valence electrons. The van der Waals surface area contributed by atoms with Crippen molar-refractivity contribution in [3.8, 4) is 0 Å².